The van der Waals surface area contributed by atoms with E-state index in [0.29, 0.717) is 0 Å². The number of hydrogen-bond acceptors (Lipinski definition) is 5. The molecule has 2 atom stereocenters. The van der Waals surface area contributed by atoms with Crippen LogP contribution in [0.2, 0.25) is 0 Å². The van der Waals surface area contributed by atoms with Crippen LogP contribution < -0.4 is 16.4 Å². The Bertz CT molecular complexity index is 1080. The van der Waals surface area contributed by atoms with Gasteiger partial charge < -0.3 is 26.5 Å². The van der Waals surface area contributed by atoms with Crippen molar-refractivity contribution >= 4 is 41.3 Å². The van der Waals surface area contributed by atoms with E-state index in [1.807, 2.05) is 24.3 Å². The predicted molar refractivity (Wildman–Crippen MR) is 121 cm³/mol. The Morgan fingerprint density at radius 2 is 1.71 bits per heavy atom. The number of benzene rings is 2. The van der Waals surface area contributed by atoms with E-state index in [1.165, 1.54) is 12.1 Å². The number of nitrogens with two attached hydrogens (primary N) is 1. The number of aromatic hydroxyl groups is 1. The van der Waals surface area contributed by atoms with Crippen molar-refractivity contribution < 1.29 is 19.5 Å². The normalized spacial score (nSPS) is 12.8. The average Bonchev–Trinajstić information content (AvgIpc) is 3.17. The van der Waals surface area contributed by atoms with Crippen LogP contribution in [-0.4, -0.2) is 45.6 Å². The van der Waals surface area contributed by atoms with Gasteiger partial charge in [-0.2, -0.15) is 12.6 Å². The van der Waals surface area contributed by atoms with E-state index < -0.39 is 29.8 Å². The summed E-state index contributed by atoms with van der Waals surface area (Å²) in [6.45, 7) is 0. The van der Waals surface area contributed by atoms with Gasteiger partial charge >= 0.3 is 0 Å². The molecular formula is C22H24N4O4S. The number of amides is 3. The molecule has 9 heteroatoms. The largest absolute Gasteiger partial charge is 0.508 e. The maximum Gasteiger partial charge on any atom is 0.243 e. The fraction of sp³-hybridized carbons (Fsp3) is 0.227. The van der Waals surface area contributed by atoms with Crippen LogP contribution in [0.3, 0.4) is 0 Å². The molecule has 3 aromatic rings. The first-order chi connectivity index (χ1) is 14.9. The molecule has 3 amide bonds. The standard InChI is InChI=1S/C22H24N4O4S/c23-21(29)18(9-13-5-7-15(27)8-6-13)26-22(30)19(25-20(28)12-31)10-14-11-24-17-4-2-1-3-16(14)17/h1-8,11,18-19,24,27,31H,9-10,12H2,(H2,23,29)(H,25,28)(H,26,30)/t18-,19-/m0/s1. The molecule has 0 spiro atoms. The maximum absolute atomic E-state index is 13.0. The topological polar surface area (TPSA) is 137 Å². The minimum absolute atomic E-state index is 0.0789. The second-order valence-electron chi connectivity index (χ2n) is 7.18. The molecule has 0 saturated heterocycles. The minimum Gasteiger partial charge on any atom is -0.508 e. The maximum atomic E-state index is 13.0. The van der Waals surface area contributed by atoms with Gasteiger partial charge in [0.05, 0.1) is 5.75 Å². The van der Waals surface area contributed by atoms with Crippen molar-refractivity contribution in [1.82, 2.24) is 15.6 Å². The number of para-hydroxylation sites is 1. The lowest BCUT2D eigenvalue weighted by Crippen LogP contribution is -2.54. The number of carbonyl (C=O) groups excluding carboxylic acids is 3. The highest BCUT2D eigenvalue weighted by molar-refractivity contribution is 7.81. The predicted octanol–water partition coefficient (Wildman–Crippen LogP) is 1.04. The van der Waals surface area contributed by atoms with E-state index >= 15 is 0 Å². The first-order valence-corrected chi connectivity index (χ1v) is 10.3. The molecule has 0 aliphatic rings. The number of aromatic amines is 1. The first kappa shape index (κ1) is 22.2. The summed E-state index contributed by atoms with van der Waals surface area (Å²) in [4.78, 5) is 40.1. The van der Waals surface area contributed by atoms with E-state index in [1.54, 1.807) is 18.3 Å². The molecule has 162 valence electrons. The van der Waals surface area contributed by atoms with E-state index in [4.69, 9.17) is 5.73 Å². The van der Waals surface area contributed by atoms with Gasteiger partial charge in [0.15, 0.2) is 0 Å². The minimum atomic E-state index is -0.976. The van der Waals surface area contributed by atoms with Crippen LogP contribution in [-0.2, 0) is 27.2 Å². The highest BCUT2D eigenvalue weighted by atomic mass is 32.1. The van der Waals surface area contributed by atoms with Crippen LogP contribution in [0, 0.1) is 0 Å². The molecule has 0 aliphatic heterocycles. The van der Waals surface area contributed by atoms with Crippen molar-refractivity contribution in [3.8, 4) is 5.75 Å². The number of carbonyl (C=O) groups is 3. The van der Waals surface area contributed by atoms with E-state index in [2.05, 4.69) is 28.2 Å². The summed E-state index contributed by atoms with van der Waals surface area (Å²) < 4.78 is 0. The number of hydrogen-bond donors (Lipinski definition) is 6. The lowest BCUT2D eigenvalue weighted by molar-refractivity contribution is -0.130. The van der Waals surface area contributed by atoms with Crippen molar-refractivity contribution in [1.29, 1.82) is 0 Å². The molecule has 6 N–H and O–H groups in total. The van der Waals surface area contributed by atoms with Gasteiger partial charge in [-0.25, -0.2) is 0 Å². The molecule has 0 saturated carbocycles. The number of rotatable bonds is 9. The number of nitrogens with one attached hydrogen (secondary N) is 3. The fourth-order valence-electron chi connectivity index (χ4n) is 3.33. The number of primary amides is 1. The Kier molecular flexibility index (Phi) is 7.19. The molecule has 0 bridgehead atoms. The van der Waals surface area contributed by atoms with Crippen molar-refractivity contribution in [2.24, 2.45) is 5.73 Å². The molecule has 1 aromatic heterocycles. The van der Waals surface area contributed by atoms with Gasteiger partial charge in [0.1, 0.15) is 17.8 Å². The molecule has 3 rings (SSSR count). The van der Waals surface area contributed by atoms with Crippen LogP contribution in [0.1, 0.15) is 11.1 Å². The summed E-state index contributed by atoms with van der Waals surface area (Å²) in [5.41, 5.74) is 7.98. The number of phenolic OH excluding ortho intramolecular Hbond substituents is 1. The van der Waals surface area contributed by atoms with Gasteiger partial charge in [0, 0.05) is 29.9 Å². The molecular weight excluding hydrogens is 416 g/mol. The zero-order valence-electron chi connectivity index (χ0n) is 16.7. The lowest BCUT2D eigenvalue weighted by atomic mass is 10.0. The monoisotopic (exact) mass is 440 g/mol. The van der Waals surface area contributed by atoms with Crippen LogP contribution in [0.15, 0.2) is 54.7 Å². The fourth-order valence-corrected chi connectivity index (χ4v) is 3.42. The summed E-state index contributed by atoms with van der Waals surface area (Å²) in [7, 11) is 0. The molecule has 0 radical (unpaired) electrons. The molecule has 2 aromatic carbocycles. The number of H-pyrrole nitrogens is 1. The second kappa shape index (κ2) is 10.0. The molecule has 8 nitrogen and oxygen atoms in total. The Hall–Kier alpha value is -3.46. The van der Waals surface area contributed by atoms with E-state index in [0.717, 1.165) is 22.0 Å². The van der Waals surface area contributed by atoms with Crippen molar-refractivity contribution in [2.75, 3.05) is 5.75 Å². The van der Waals surface area contributed by atoms with Crippen LogP contribution in [0.25, 0.3) is 10.9 Å². The molecule has 0 unspecified atom stereocenters. The number of fused-ring (bicyclic) bond motifs is 1. The Morgan fingerprint density at radius 3 is 2.39 bits per heavy atom. The first-order valence-electron chi connectivity index (χ1n) is 9.70. The summed E-state index contributed by atoms with van der Waals surface area (Å²) in [5, 5.41) is 15.7. The van der Waals surface area contributed by atoms with Crippen LogP contribution in [0.4, 0.5) is 0 Å². The van der Waals surface area contributed by atoms with Crippen LogP contribution in [0.5, 0.6) is 5.75 Å². The van der Waals surface area contributed by atoms with E-state index in [9.17, 15) is 19.5 Å². The van der Waals surface area contributed by atoms with Crippen molar-refractivity contribution in [2.45, 2.75) is 24.9 Å². The highest BCUT2D eigenvalue weighted by Crippen LogP contribution is 2.19. The third-order valence-electron chi connectivity index (χ3n) is 4.93. The SMILES string of the molecule is NC(=O)[C@H](Cc1ccc(O)cc1)NC(=O)[C@H](Cc1c[nH]c2ccccc12)NC(=O)CS. The quantitative estimate of drug-likeness (QED) is 0.277. The van der Waals surface area contributed by atoms with Gasteiger partial charge in [0.25, 0.3) is 0 Å². The molecule has 31 heavy (non-hydrogen) atoms. The number of thiol groups is 1. The Morgan fingerprint density at radius 1 is 1.00 bits per heavy atom. The zero-order chi connectivity index (χ0) is 22.4. The Balaban J connectivity index is 1.78. The van der Waals surface area contributed by atoms with Gasteiger partial charge in [-0.15, -0.1) is 0 Å². The van der Waals surface area contributed by atoms with Crippen LogP contribution >= 0.6 is 12.6 Å². The summed E-state index contributed by atoms with van der Waals surface area (Å²) in [5.74, 6) is -1.62. The summed E-state index contributed by atoms with van der Waals surface area (Å²) in [6.07, 6.45) is 2.17. The zero-order valence-corrected chi connectivity index (χ0v) is 17.6. The third kappa shape index (κ3) is 5.79. The number of phenols is 1. The molecule has 1 heterocycles. The van der Waals surface area contributed by atoms with Gasteiger partial charge in [-0.3, -0.25) is 14.4 Å². The van der Waals surface area contributed by atoms with Gasteiger partial charge in [-0.05, 0) is 29.3 Å². The number of aromatic nitrogens is 1. The summed E-state index contributed by atoms with van der Waals surface area (Å²) >= 11 is 3.96. The second-order valence-corrected chi connectivity index (χ2v) is 7.49. The lowest BCUT2D eigenvalue weighted by Gasteiger charge is -2.22. The van der Waals surface area contributed by atoms with Crippen molar-refractivity contribution in [3.05, 3.63) is 65.9 Å². The van der Waals surface area contributed by atoms with E-state index in [-0.39, 0.29) is 24.3 Å². The van der Waals surface area contributed by atoms with Crippen molar-refractivity contribution in [3.63, 3.8) is 0 Å². The highest BCUT2D eigenvalue weighted by Gasteiger charge is 2.26. The molecule has 0 fully saturated rings. The van der Waals surface area contributed by atoms with Gasteiger partial charge in [-0.1, -0.05) is 30.3 Å². The average molecular weight is 441 g/mol. The molecule has 0 aliphatic carbocycles. The Labute approximate surface area is 184 Å². The smallest absolute Gasteiger partial charge is 0.243 e. The summed E-state index contributed by atoms with van der Waals surface area (Å²) in [6, 6.07) is 12.0. The third-order valence-corrected chi connectivity index (χ3v) is 5.22. The van der Waals surface area contributed by atoms with Gasteiger partial charge in [0.2, 0.25) is 17.7 Å².